The van der Waals surface area contributed by atoms with E-state index in [1.165, 1.54) is 5.56 Å². The maximum Gasteiger partial charge on any atom is 0.226 e. The monoisotopic (exact) mass is 268 g/mol. The molecule has 1 aliphatic carbocycles. The first kappa shape index (κ1) is 15.0. The van der Waals surface area contributed by atoms with Gasteiger partial charge in [0.15, 0.2) is 0 Å². The van der Waals surface area contributed by atoms with Gasteiger partial charge in [0.2, 0.25) is 5.91 Å². The summed E-state index contributed by atoms with van der Waals surface area (Å²) in [5.41, 5.74) is 6.49. The summed E-state index contributed by atoms with van der Waals surface area (Å²) in [6.45, 7) is 1.09. The SMILES string of the molecule is Cl.NCCNC(=O)C1(Cc2ccccc2)CCC1. The maximum atomic E-state index is 12.1. The molecule has 0 heterocycles. The second-order valence-corrected chi connectivity index (χ2v) is 4.84. The van der Waals surface area contributed by atoms with Crippen LogP contribution >= 0.6 is 12.4 Å². The number of hydrogen-bond acceptors (Lipinski definition) is 2. The minimum absolute atomic E-state index is 0. The van der Waals surface area contributed by atoms with Gasteiger partial charge in [0.25, 0.3) is 0 Å². The first-order chi connectivity index (χ1) is 8.27. The molecule has 0 radical (unpaired) electrons. The van der Waals surface area contributed by atoms with Crippen LogP contribution in [0.4, 0.5) is 0 Å². The van der Waals surface area contributed by atoms with Gasteiger partial charge in [-0.25, -0.2) is 0 Å². The standard InChI is InChI=1S/C14H20N2O.ClH/c15-9-10-16-13(17)14(7-4-8-14)11-12-5-2-1-3-6-12;/h1-3,5-6H,4,7-11,15H2,(H,16,17);1H. The molecule has 3 nitrogen and oxygen atoms in total. The quantitative estimate of drug-likeness (QED) is 0.857. The van der Waals surface area contributed by atoms with Gasteiger partial charge in [-0.2, -0.15) is 0 Å². The van der Waals surface area contributed by atoms with Crippen molar-refractivity contribution in [3.63, 3.8) is 0 Å². The molecule has 1 amide bonds. The number of carbonyl (C=O) groups excluding carboxylic acids is 1. The molecule has 1 saturated carbocycles. The van der Waals surface area contributed by atoms with Crippen LogP contribution in [0, 0.1) is 5.41 Å². The van der Waals surface area contributed by atoms with E-state index in [0.717, 1.165) is 25.7 Å². The van der Waals surface area contributed by atoms with Crippen molar-refractivity contribution >= 4 is 18.3 Å². The van der Waals surface area contributed by atoms with E-state index >= 15 is 0 Å². The first-order valence-corrected chi connectivity index (χ1v) is 6.29. The number of carbonyl (C=O) groups is 1. The topological polar surface area (TPSA) is 55.1 Å². The maximum absolute atomic E-state index is 12.1. The van der Waals surface area contributed by atoms with Crippen LogP contribution in [-0.2, 0) is 11.2 Å². The van der Waals surface area contributed by atoms with Crippen molar-refractivity contribution in [2.75, 3.05) is 13.1 Å². The van der Waals surface area contributed by atoms with Crippen molar-refractivity contribution in [1.29, 1.82) is 0 Å². The predicted molar refractivity (Wildman–Crippen MR) is 75.7 cm³/mol. The van der Waals surface area contributed by atoms with Gasteiger partial charge in [-0.1, -0.05) is 36.8 Å². The lowest BCUT2D eigenvalue weighted by atomic mass is 9.64. The molecule has 18 heavy (non-hydrogen) atoms. The normalized spacial score (nSPS) is 16.3. The van der Waals surface area contributed by atoms with Crippen molar-refractivity contribution in [2.45, 2.75) is 25.7 Å². The third kappa shape index (κ3) is 3.24. The third-order valence-corrected chi connectivity index (χ3v) is 3.61. The van der Waals surface area contributed by atoms with Gasteiger partial charge in [0.05, 0.1) is 5.41 Å². The van der Waals surface area contributed by atoms with Crippen molar-refractivity contribution in [2.24, 2.45) is 11.1 Å². The molecular formula is C14H21ClN2O. The Labute approximate surface area is 115 Å². The Balaban J connectivity index is 0.00000162. The van der Waals surface area contributed by atoms with Gasteiger partial charge < -0.3 is 11.1 Å². The van der Waals surface area contributed by atoms with Crippen molar-refractivity contribution in [3.05, 3.63) is 35.9 Å². The van der Waals surface area contributed by atoms with Crippen LogP contribution in [-0.4, -0.2) is 19.0 Å². The lowest BCUT2D eigenvalue weighted by Crippen LogP contribution is -2.48. The lowest BCUT2D eigenvalue weighted by Gasteiger charge is -2.40. The Morgan fingerprint density at radius 1 is 1.28 bits per heavy atom. The fraction of sp³-hybridized carbons (Fsp3) is 0.500. The van der Waals surface area contributed by atoms with E-state index in [4.69, 9.17) is 5.73 Å². The summed E-state index contributed by atoms with van der Waals surface area (Å²) in [6.07, 6.45) is 4.00. The molecule has 3 N–H and O–H groups in total. The number of amides is 1. The molecular weight excluding hydrogens is 248 g/mol. The molecule has 1 aromatic carbocycles. The molecule has 0 unspecified atom stereocenters. The fourth-order valence-corrected chi connectivity index (χ4v) is 2.45. The van der Waals surface area contributed by atoms with Crippen LogP contribution in [0.3, 0.4) is 0 Å². The number of nitrogens with two attached hydrogens (primary N) is 1. The average molecular weight is 269 g/mol. The molecule has 1 aliphatic rings. The number of halogens is 1. The fourth-order valence-electron chi connectivity index (χ4n) is 2.45. The zero-order valence-corrected chi connectivity index (χ0v) is 11.3. The lowest BCUT2D eigenvalue weighted by molar-refractivity contribution is -0.135. The highest BCUT2D eigenvalue weighted by Gasteiger charge is 2.43. The van der Waals surface area contributed by atoms with E-state index in [1.54, 1.807) is 0 Å². The molecule has 0 saturated heterocycles. The van der Waals surface area contributed by atoms with Crippen molar-refractivity contribution < 1.29 is 4.79 Å². The highest BCUT2D eigenvalue weighted by molar-refractivity contribution is 5.85. The summed E-state index contributed by atoms with van der Waals surface area (Å²) in [5.74, 6) is 0.179. The van der Waals surface area contributed by atoms with Gasteiger partial charge in [-0.05, 0) is 24.8 Å². The molecule has 2 rings (SSSR count). The molecule has 100 valence electrons. The van der Waals surface area contributed by atoms with Crippen LogP contribution in [0.1, 0.15) is 24.8 Å². The van der Waals surface area contributed by atoms with Gasteiger partial charge >= 0.3 is 0 Å². The van der Waals surface area contributed by atoms with E-state index in [2.05, 4.69) is 17.4 Å². The Kier molecular flexibility index (Phi) is 5.63. The summed E-state index contributed by atoms with van der Waals surface area (Å²) in [4.78, 5) is 12.1. The Morgan fingerprint density at radius 3 is 2.44 bits per heavy atom. The predicted octanol–water partition coefficient (Wildman–Crippen LogP) is 1.90. The van der Waals surface area contributed by atoms with E-state index in [1.807, 2.05) is 18.2 Å². The number of nitrogens with one attached hydrogen (secondary N) is 1. The van der Waals surface area contributed by atoms with Gasteiger partial charge in [-0.15, -0.1) is 12.4 Å². The molecule has 1 aromatic rings. The summed E-state index contributed by atoms with van der Waals surface area (Å²) < 4.78 is 0. The van der Waals surface area contributed by atoms with E-state index < -0.39 is 0 Å². The van der Waals surface area contributed by atoms with Crippen LogP contribution in [0.25, 0.3) is 0 Å². The summed E-state index contributed by atoms with van der Waals surface area (Å²) >= 11 is 0. The Hall–Kier alpha value is -1.06. The Bertz CT molecular complexity index is 377. The summed E-state index contributed by atoms with van der Waals surface area (Å²) in [7, 11) is 0. The highest BCUT2D eigenvalue weighted by Crippen LogP contribution is 2.43. The van der Waals surface area contributed by atoms with Crippen LogP contribution < -0.4 is 11.1 Å². The molecule has 0 bridgehead atoms. The molecule has 0 aliphatic heterocycles. The number of benzene rings is 1. The number of hydrogen-bond donors (Lipinski definition) is 2. The minimum atomic E-state index is -0.170. The van der Waals surface area contributed by atoms with Gasteiger partial charge in [0, 0.05) is 13.1 Å². The van der Waals surface area contributed by atoms with Gasteiger partial charge in [-0.3, -0.25) is 4.79 Å². The second kappa shape index (κ2) is 6.76. The van der Waals surface area contributed by atoms with Crippen LogP contribution in [0.15, 0.2) is 30.3 Å². The van der Waals surface area contributed by atoms with E-state index in [0.29, 0.717) is 13.1 Å². The summed E-state index contributed by atoms with van der Waals surface area (Å²) in [5, 5.41) is 2.93. The molecule has 0 atom stereocenters. The highest BCUT2D eigenvalue weighted by atomic mass is 35.5. The molecule has 4 heteroatoms. The zero-order chi connectivity index (χ0) is 12.1. The van der Waals surface area contributed by atoms with Gasteiger partial charge in [0.1, 0.15) is 0 Å². The number of rotatable bonds is 5. The van der Waals surface area contributed by atoms with E-state index in [-0.39, 0.29) is 23.7 Å². The summed E-state index contributed by atoms with van der Waals surface area (Å²) in [6, 6.07) is 10.2. The average Bonchev–Trinajstić information content (AvgIpc) is 2.32. The largest absolute Gasteiger partial charge is 0.354 e. The van der Waals surface area contributed by atoms with Crippen molar-refractivity contribution in [3.8, 4) is 0 Å². The Morgan fingerprint density at radius 2 is 1.94 bits per heavy atom. The molecule has 1 fully saturated rings. The van der Waals surface area contributed by atoms with Crippen LogP contribution in [0.5, 0.6) is 0 Å². The minimum Gasteiger partial charge on any atom is -0.354 e. The van der Waals surface area contributed by atoms with Crippen LogP contribution in [0.2, 0.25) is 0 Å². The van der Waals surface area contributed by atoms with E-state index in [9.17, 15) is 4.79 Å². The molecule has 0 aromatic heterocycles. The third-order valence-electron chi connectivity index (χ3n) is 3.61. The molecule has 0 spiro atoms. The smallest absolute Gasteiger partial charge is 0.226 e. The van der Waals surface area contributed by atoms with Crippen molar-refractivity contribution in [1.82, 2.24) is 5.32 Å². The second-order valence-electron chi connectivity index (χ2n) is 4.84. The zero-order valence-electron chi connectivity index (χ0n) is 10.5. The first-order valence-electron chi connectivity index (χ1n) is 6.29.